The number of hydrogen-bond donors (Lipinski definition) is 1. The molecule has 1 aromatic carbocycles. The second-order valence-electron chi connectivity index (χ2n) is 9.08. The van der Waals surface area contributed by atoms with Gasteiger partial charge in [0.25, 0.3) is 5.91 Å². The van der Waals surface area contributed by atoms with Crippen LogP contribution in [0, 0.1) is 0 Å². The van der Waals surface area contributed by atoms with Gasteiger partial charge in [0.2, 0.25) is 0 Å². The Hall–Kier alpha value is -2.61. The maximum atomic E-state index is 12.8. The Morgan fingerprint density at radius 3 is 2.67 bits per heavy atom. The number of carbonyl (C=O) groups is 1. The van der Waals surface area contributed by atoms with Crippen molar-refractivity contribution in [3.63, 3.8) is 0 Å². The molecule has 0 saturated carbocycles. The molecule has 1 amide bonds. The maximum Gasteiger partial charge on any atom is 0.258 e. The van der Waals surface area contributed by atoms with Crippen molar-refractivity contribution < 1.29 is 4.79 Å². The van der Waals surface area contributed by atoms with E-state index >= 15 is 0 Å². The van der Waals surface area contributed by atoms with Crippen LogP contribution in [0.2, 0.25) is 0 Å². The van der Waals surface area contributed by atoms with E-state index in [4.69, 9.17) is 0 Å². The normalized spacial score (nSPS) is 21.2. The van der Waals surface area contributed by atoms with Gasteiger partial charge in [0.15, 0.2) is 0 Å². The number of benzene rings is 1. The van der Waals surface area contributed by atoms with Crippen molar-refractivity contribution in [2.75, 3.05) is 26.2 Å². The Bertz CT molecular complexity index is 1150. The molecule has 4 heterocycles. The van der Waals surface area contributed by atoms with Crippen LogP contribution in [0.25, 0.3) is 11.7 Å². The minimum Gasteiger partial charge on any atom is -0.352 e. The third-order valence-electron chi connectivity index (χ3n) is 6.56. The summed E-state index contributed by atoms with van der Waals surface area (Å²) in [7, 11) is 0. The molecule has 172 valence electrons. The molecular weight excluding hydrogens is 430 g/mol. The molecule has 0 spiro atoms. The quantitative estimate of drug-likeness (QED) is 0.541. The van der Waals surface area contributed by atoms with E-state index in [2.05, 4.69) is 68.7 Å². The molecule has 0 aliphatic carbocycles. The van der Waals surface area contributed by atoms with E-state index in [1.54, 1.807) is 0 Å². The zero-order valence-corrected chi connectivity index (χ0v) is 20.1. The lowest BCUT2D eigenvalue weighted by Gasteiger charge is -2.44. The lowest BCUT2D eigenvalue weighted by molar-refractivity contribution is -0.116. The van der Waals surface area contributed by atoms with Crippen molar-refractivity contribution in [3.05, 3.63) is 70.9 Å². The fourth-order valence-corrected chi connectivity index (χ4v) is 5.95. The number of thioether (sulfide) groups is 1. The number of nitrogens with one attached hydrogen (secondary N) is 1. The molecule has 2 aliphatic rings. The van der Waals surface area contributed by atoms with Gasteiger partial charge < -0.3 is 10.2 Å². The van der Waals surface area contributed by atoms with Crippen LogP contribution < -0.4 is 5.32 Å². The summed E-state index contributed by atoms with van der Waals surface area (Å²) >= 11 is 1.51. The third kappa shape index (κ3) is 4.86. The Morgan fingerprint density at radius 2 is 1.88 bits per heavy atom. The first kappa shape index (κ1) is 22.2. The van der Waals surface area contributed by atoms with Crippen LogP contribution in [0.1, 0.15) is 31.5 Å². The summed E-state index contributed by atoms with van der Waals surface area (Å²) in [6.07, 6.45) is 4.71. The van der Waals surface area contributed by atoms with E-state index in [0.717, 1.165) is 53.9 Å². The fourth-order valence-electron chi connectivity index (χ4n) is 4.94. The van der Waals surface area contributed by atoms with Crippen LogP contribution in [-0.4, -0.2) is 63.4 Å². The summed E-state index contributed by atoms with van der Waals surface area (Å²) in [5.74, 6) is -0.00105. The van der Waals surface area contributed by atoms with Gasteiger partial charge in [-0.2, -0.15) is 0 Å². The van der Waals surface area contributed by atoms with Gasteiger partial charge >= 0.3 is 0 Å². The van der Waals surface area contributed by atoms with E-state index in [1.165, 1.54) is 17.3 Å². The van der Waals surface area contributed by atoms with E-state index in [9.17, 15) is 4.79 Å². The number of carbonyl (C=O) groups excluding carboxylic acids is 1. The standard InChI is InChI=1S/C26H31N5OS/c1-19-16-29(17-20(2)30(19)18-21-8-4-3-5-9-21)13-7-12-27-26(32)23-14-22-15-28-24-10-6-11-25(33-23)31(22)24/h3-6,8-11,14-15,19-20H,7,12-13,16-18H2,1-2H3,(H,27,32). The first-order chi connectivity index (χ1) is 16.1. The second-order valence-corrected chi connectivity index (χ2v) is 10.1. The first-order valence-electron chi connectivity index (χ1n) is 11.7. The fraction of sp³-hybridized carbons (Fsp3) is 0.385. The van der Waals surface area contributed by atoms with Gasteiger partial charge in [-0.05, 0) is 50.6 Å². The summed E-state index contributed by atoms with van der Waals surface area (Å²) in [5, 5.41) is 4.15. The minimum absolute atomic E-state index is 0.00105. The maximum absolute atomic E-state index is 12.8. The van der Waals surface area contributed by atoms with E-state index in [0.29, 0.717) is 18.6 Å². The highest BCUT2D eigenvalue weighted by Gasteiger charge is 2.29. The van der Waals surface area contributed by atoms with Crippen LogP contribution in [0.3, 0.4) is 0 Å². The van der Waals surface area contributed by atoms with Crippen LogP contribution >= 0.6 is 11.8 Å². The number of hydrogen-bond acceptors (Lipinski definition) is 5. The highest BCUT2D eigenvalue weighted by molar-refractivity contribution is 8.04. The molecule has 6 nitrogen and oxygen atoms in total. The topological polar surface area (TPSA) is 52.9 Å². The zero-order chi connectivity index (χ0) is 22.8. The largest absolute Gasteiger partial charge is 0.352 e. The number of amides is 1. The first-order valence-corrected chi connectivity index (χ1v) is 12.6. The van der Waals surface area contributed by atoms with Gasteiger partial charge in [0, 0.05) is 38.3 Å². The molecule has 1 saturated heterocycles. The molecule has 2 aromatic heterocycles. The molecule has 7 heteroatoms. The zero-order valence-electron chi connectivity index (χ0n) is 19.3. The highest BCUT2D eigenvalue weighted by Crippen LogP contribution is 2.34. The van der Waals surface area contributed by atoms with E-state index < -0.39 is 0 Å². The molecule has 33 heavy (non-hydrogen) atoms. The molecule has 2 atom stereocenters. The molecule has 1 N–H and O–H groups in total. The lowest BCUT2D eigenvalue weighted by atomic mass is 10.1. The summed E-state index contributed by atoms with van der Waals surface area (Å²) < 4.78 is 2.08. The van der Waals surface area contributed by atoms with Crippen molar-refractivity contribution in [1.29, 1.82) is 0 Å². The monoisotopic (exact) mass is 461 g/mol. The number of aromatic nitrogens is 2. The molecule has 3 aromatic rings. The Balaban J connectivity index is 1.09. The van der Waals surface area contributed by atoms with E-state index in [-0.39, 0.29) is 5.91 Å². The summed E-state index contributed by atoms with van der Waals surface area (Å²) in [5.41, 5.74) is 3.25. The minimum atomic E-state index is -0.00105. The van der Waals surface area contributed by atoms with Gasteiger partial charge in [-0.15, -0.1) is 0 Å². The number of imidazole rings is 1. The predicted molar refractivity (Wildman–Crippen MR) is 134 cm³/mol. The van der Waals surface area contributed by atoms with Crippen LogP contribution in [0.5, 0.6) is 0 Å². The van der Waals surface area contributed by atoms with Crippen molar-refractivity contribution >= 4 is 29.4 Å². The highest BCUT2D eigenvalue weighted by atomic mass is 32.2. The van der Waals surface area contributed by atoms with Gasteiger partial charge in [0.05, 0.1) is 21.8 Å². The van der Waals surface area contributed by atoms with Gasteiger partial charge in [-0.25, -0.2) is 4.98 Å². The summed E-state index contributed by atoms with van der Waals surface area (Å²) in [4.78, 5) is 23.1. The molecule has 0 radical (unpaired) electrons. The molecular formula is C26H31N5OS. The Kier molecular flexibility index (Phi) is 6.53. The van der Waals surface area contributed by atoms with Crippen molar-refractivity contribution in [3.8, 4) is 0 Å². The van der Waals surface area contributed by atoms with Crippen molar-refractivity contribution in [2.24, 2.45) is 0 Å². The van der Waals surface area contributed by atoms with E-state index in [1.807, 2.05) is 30.5 Å². The van der Waals surface area contributed by atoms with Gasteiger partial charge in [-0.1, -0.05) is 48.2 Å². The van der Waals surface area contributed by atoms with Crippen molar-refractivity contribution in [2.45, 2.75) is 43.9 Å². The molecule has 2 aliphatic heterocycles. The smallest absolute Gasteiger partial charge is 0.258 e. The SMILES string of the molecule is CC1CN(CCCNC(=O)C2=Cc3cnc4cccc(n34)S2)CC(C)N1Cc1ccccc1. The number of nitrogens with zero attached hydrogens (tertiary/aromatic N) is 4. The van der Waals surface area contributed by atoms with Gasteiger partial charge in [0.1, 0.15) is 5.65 Å². The Morgan fingerprint density at radius 1 is 1.09 bits per heavy atom. The molecule has 5 rings (SSSR count). The number of rotatable bonds is 7. The van der Waals surface area contributed by atoms with Crippen molar-refractivity contribution in [1.82, 2.24) is 24.5 Å². The number of piperazine rings is 1. The van der Waals surface area contributed by atoms with Gasteiger partial charge in [-0.3, -0.25) is 14.1 Å². The Labute approximate surface area is 199 Å². The van der Waals surface area contributed by atoms with Crippen LogP contribution in [0.4, 0.5) is 0 Å². The average Bonchev–Trinajstić information content (AvgIpc) is 3.24. The molecule has 2 unspecified atom stereocenters. The van der Waals surface area contributed by atoms with Crippen LogP contribution in [0.15, 0.2) is 64.7 Å². The average molecular weight is 462 g/mol. The molecule has 1 fully saturated rings. The second kappa shape index (κ2) is 9.71. The summed E-state index contributed by atoms with van der Waals surface area (Å²) in [6, 6.07) is 17.8. The predicted octanol–water partition coefficient (Wildman–Crippen LogP) is 3.88. The molecule has 0 bridgehead atoms. The lowest BCUT2D eigenvalue weighted by Crippen LogP contribution is -2.56. The number of pyridine rings is 1. The summed E-state index contributed by atoms with van der Waals surface area (Å²) in [6.45, 7) is 9.49. The van der Waals surface area contributed by atoms with Crippen LogP contribution in [-0.2, 0) is 11.3 Å². The third-order valence-corrected chi connectivity index (χ3v) is 7.61.